The summed E-state index contributed by atoms with van der Waals surface area (Å²) >= 11 is 3.50. The molecule has 0 atom stereocenters. The number of hydrogen-bond donors (Lipinski definition) is 1. The molecule has 1 aliphatic heterocycles. The highest BCUT2D eigenvalue weighted by molar-refractivity contribution is 9.10. The molecule has 1 aromatic carbocycles. The van der Waals surface area contributed by atoms with Gasteiger partial charge in [-0.3, -0.25) is 0 Å². The molecule has 0 bridgehead atoms. The first-order valence-electron chi connectivity index (χ1n) is 7.20. The zero-order valence-electron chi connectivity index (χ0n) is 12.5. The maximum absolute atomic E-state index is 12.1. The SMILES string of the molecule is CCCNS(=O)(=O)N1CCN(c2ccc(Br)c(C)c2)CC1. The Kier molecular flexibility index (Phi) is 5.65. The van der Waals surface area contributed by atoms with Crippen molar-refractivity contribution in [1.82, 2.24) is 9.03 Å². The Labute approximate surface area is 135 Å². The van der Waals surface area contributed by atoms with Gasteiger partial charge in [0.1, 0.15) is 0 Å². The molecule has 2 rings (SSSR count). The van der Waals surface area contributed by atoms with Crippen molar-refractivity contribution in [3.05, 3.63) is 28.2 Å². The van der Waals surface area contributed by atoms with Crippen molar-refractivity contribution in [2.75, 3.05) is 37.6 Å². The van der Waals surface area contributed by atoms with Crippen LogP contribution in [-0.2, 0) is 10.2 Å². The van der Waals surface area contributed by atoms with Crippen molar-refractivity contribution in [3.63, 3.8) is 0 Å². The van der Waals surface area contributed by atoms with E-state index >= 15 is 0 Å². The van der Waals surface area contributed by atoms with E-state index in [9.17, 15) is 8.42 Å². The van der Waals surface area contributed by atoms with E-state index in [1.807, 2.05) is 13.0 Å². The average Bonchev–Trinajstić information content (AvgIpc) is 2.48. The van der Waals surface area contributed by atoms with E-state index < -0.39 is 10.2 Å². The Morgan fingerprint density at radius 2 is 1.90 bits per heavy atom. The average molecular weight is 376 g/mol. The third-order valence-electron chi connectivity index (χ3n) is 3.62. The number of nitrogens with one attached hydrogen (secondary N) is 1. The molecule has 1 N–H and O–H groups in total. The zero-order valence-corrected chi connectivity index (χ0v) is 14.9. The third kappa shape index (κ3) is 4.18. The first kappa shape index (κ1) is 16.7. The van der Waals surface area contributed by atoms with Crippen LogP contribution >= 0.6 is 15.9 Å². The van der Waals surface area contributed by atoms with Crippen molar-refractivity contribution in [1.29, 1.82) is 0 Å². The fourth-order valence-electron chi connectivity index (χ4n) is 2.33. The summed E-state index contributed by atoms with van der Waals surface area (Å²) in [5.74, 6) is 0. The van der Waals surface area contributed by atoms with Crippen LogP contribution in [0.15, 0.2) is 22.7 Å². The maximum atomic E-state index is 12.1. The summed E-state index contributed by atoms with van der Waals surface area (Å²) in [6, 6.07) is 6.23. The molecule has 0 aliphatic carbocycles. The maximum Gasteiger partial charge on any atom is 0.279 e. The second-order valence-electron chi connectivity index (χ2n) is 5.22. The molecule has 0 unspecified atom stereocenters. The van der Waals surface area contributed by atoms with Crippen LogP contribution in [0.25, 0.3) is 0 Å². The molecule has 21 heavy (non-hydrogen) atoms. The van der Waals surface area contributed by atoms with Crippen LogP contribution in [0, 0.1) is 6.92 Å². The summed E-state index contributed by atoms with van der Waals surface area (Å²) in [5, 5.41) is 0. The predicted octanol–water partition coefficient (Wildman–Crippen LogP) is 2.12. The van der Waals surface area contributed by atoms with E-state index in [-0.39, 0.29) is 0 Å². The van der Waals surface area contributed by atoms with Crippen LogP contribution in [0.5, 0.6) is 0 Å². The molecule has 1 fully saturated rings. The first-order valence-corrected chi connectivity index (χ1v) is 9.43. The van der Waals surface area contributed by atoms with Crippen molar-refractivity contribution in [3.8, 4) is 0 Å². The number of hydrogen-bond acceptors (Lipinski definition) is 3. The van der Waals surface area contributed by atoms with Gasteiger partial charge in [0.2, 0.25) is 0 Å². The third-order valence-corrected chi connectivity index (χ3v) is 6.12. The van der Waals surface area contributed by atoms with Crippen LogP contribution in [0.2, 0.25) is 0 Å². The molecule has 1 heterocycles. The lowest BCUT2D eigenvalue weighted by atomic mass is 10.2. The lowest BCUT2D eigenvalue weighted by molar-refractivity contribution is 0.378. The quantitative estimate of drug-likeness (QED) is 0.857. The van der Waals surface area contributed by atoms with Gasteiger partial charge in [0.05, 0.1) is 0 Å². The Hall–Kier alpha value is -0.630. The number of nitrogens with zero attached hydrogens (tertiary/aromatic N) is 2. The Bertz CT molecular complexity index is 584. The Morgan fingerprint density at radius 3 is 2.48 bits per heavy atom. The fraction of sp³-hybridized carbons (Fsp3) is 0.571. The van der Waals surface area contributed by atoms with Crippen molar-refractivity contribution >= 4 is 31.8 Å². The second kappa shape index (κ2) is 7.09. The lowest BCUT2D eigenvalue weighted by Crippen LogP contribution is -2.52. The molecule has 7 heteroatoms. The van der Waals surface area contributed by atoms with Crippen molar-refractivity contribution in [2.24, 2.45) is 0 Å². The summed E-state index contributed by atoms with van der Waals surface area (Å²) in [6.45, 7) is 6.98. The topological polar surface area (TPSA) is 52.7 Å². The molecule has 0 saturated carbocycles. The smallest absolute Gasteiger partial charge is 0.279 e. The van der Waals surface area contributed by atoms with Gasteiger partial charge in [-0.2, -0.15) is 12.7 Å². The highest BCUT2D eigenvalue weighted by Crippen LogP contribution is 2.24. The van der Waals surface area contributed by atoms with Crippen molar-refractivity contribution in [2.45, 2.75) is 20.3 Å². The summed E-state index contributed by atoms with van der Waals surface area (Å²) in [4.78, 5) is 2.23. The zero-order chi connectivity index (χ0) is 15.5. The van der Waals surface area contributed by atoms with E-state index in [2.05, 4.69) is 44.6 Å². The van der Waals surface area contributed by atoms with Gasteiger partial charge in [-0.25, -0.2) is 4.72 Å². The number of benzene rings is 1. The van der Waals surface area contributed by atoms with Gasteiger partial charge < -0.3 is 4.90 Å². The van der Waals surface area contributed by atoms with Crippen LogP contribution in [0.1, 0.15) is 18.9 Å². The summed E-state index contributed by atoms with van der Waals surface area (Å²) in [7, 11) is -3.32. The van der Waals surface area contributed by atoms with Crippen LogP contribution in [0.3, 0.4) is 0 Å². The number of aryl methyl sites for hydroxylation is 1. The molecule has 1 aliphatic rings. The number of rotatable bonds is 5. The summed E-state index contributed by atoms with van der Waals surface area (Å²) in [5.41, 5.74) is 2.33. The highest BCUT2D eigenvalue weighted by atomic mass is 79.9. The normalized spacial score (nSPS) is 17.2. The monoisotopic (exact) mass is 375 g/mol. The molecule has 1 aromatic rings. The second-order valence-corrected chi connectivity index (χ2v) is 7.83. The van der Waals surface area contributed by atoms with E-state index in [0.29, 0.717) is 32.7 Å². The molecule has 0 aromatic heterocycles. The van der Waals surface area contributed by atoms with Gasteiger partial charge in [-0.15, -0.1) is 0 Å². The van der Waals surface area contributed by atoms with Crippen LogP contribution < -0.4 is 9.62 Å². The molecular weight excluding hydrogens is 354 g/mol. The van der Waals surface area contributed by atoms with Gasteiger partial charge in [0, 0.05) is 42.9 Å². The van der Waals surface area contributed by atoms with Gasteiger partial charge in [0.15, 0.2) is 0 Å². The minimum atomic E-state index is -3.32. The molecule has 5 nitrogen and oxygen atoms in total. The van der Waals surface area contributed by atoms with E-state index in [1.54, 1.807) is 0 Å². The van der Waals surface area contributed by atoms with Gasteiger partial charge in [-0.05, 0) is 37.1 Å². The number of piperazine rings is 1. The van der Waals surface area contributed by atoms with Crippen LogP contribution in [0.4, 0.5) is 5.69 Å². The fourth-order valence-corrected chi connectivity index (χ4v) is 3.87. The molecule has 118 valence electrons. The van der Waals surface area contributed by atoms with Gasteiger partial charge in [-0.1, -0.05) is 22.9 Å². The molecule has 1 saturated heterocycles. The minimum Gasteiger partial charge on any atom is -0.369 e. The van der Waals surface area contributed by atoms with Gasteiger partial charge in [0.25, 0.3) is 10.2 Å². The summed E-state index contributed by atoms with van der Waals surface area (Å²) in [6.07, 6.45) is 0.803. The minimum absolute atomic E-state index is 0.494. The predicted molar refractivity (Wildman–Crippen MR) is 89.9 cm³/mol. The highest BCUT2D eigenvalue weighted by Gasteiger charge is 2.26. The van der Waals surface area contributed by atoms with Crippen molar-refractivity contribution < 1.29 is 8.42 Å². The van der Waals surface area contributed by atoms with E-state index in [0.717, 1.165) is 16.6 Å². The molecule has 0 amide bonds. The Balaban J connectivity index is 1.98. The molecule has 0 radical (unpaired) electrons. The number of anilines is 1. The molecule has 0 spiro atoms. The summed E-state index contributed by atoms with van der Waals surface area (Å²) < 4.78 is 29.4. The number of halogens is 1. The largest absolute Gasteiger partial charge is 0.369 e. The van der Waals surface area contributed by atoms with E-state index in [4.69, 9.17) is 0 Å². The van der Waals surface area contributed by atoms with Crippen LogP contribution in [-0.4, -0.2) is 45.4 Å². The standard InChI is InChI=1S/C14H22BrN3O2S/c1-3-6-16-21(19,20)18-9-7-17(8-10-18)13-4-5-14(15)12(2)11-13/h4-5,11,16H,3,6-10H2,1-2H3. The van der Waals surface area contributed by atoms with Gasteiger partial charge >= 0.3 is 0 Å². The lowest BCUT2D eigenvalue weighted by Gasteiger charge is -2.35. The molecular formula is C14H22BrN3O2S. The first-order chi connectivity index (χ1) is 9.94. The Morgan fingerprint density at radius 1 is 1.24 bits per heavy atom. The van der Waals surface area contributed by atoms with E-state index in [1.165, 1.54) is 9.87 Å².